The van der Waals surface area contributed by atoms with Crippen LogP contribution in [-0.2, 0) is 0 Å². The minimum absolute atomic E-state index is 0.445. The van der Waals surface area contributed by atoms with E-state index in [-0.39, 0.29) is 0 Å². The summed E-state index contributed by atoms with van der Waals surface area (Å²) in [6.45, 7) is 4.49. The Kier molecular flexibility index (Phi) is 5.02. The molecule has 1 aromatic carbocycles. The summed E-state index contributed by atoms with van der Waals surface area (Å²) in [5.74, 6) is 0.924. The van der Waals surface area contributed by atoms with Crippen LogP contribution in [-0.4, -0.2) is 26.2 Å². The molecule has 2 atom stereocenters. The van der Waals surface area contributed by atoms with Gasteiger partial charge < -0.3 is 15.4 Å². The molecule has 0 saturated carbocycles. The minimum Gasteiger partial charge on any atom is -0.497 e. The van der Waals surface area contributed by atoms with E-state index in [1.165, 1.54) is 18.4 Å². The molecule has 0 spiro atoms. The van der Waals surface area contributed by atoms with Gasteiger partial charge >= 0.3 is 0 Å². The Bertz CT molecular complexity index is 344. The fourth-order valence-corrected chi connectivity index (χ4v) is 2.56. The van der Waals surface area contributed by atoms with E-state index < -0.39 is 0 Å². The van der Waals surface area contributed by atoms with E-state index in [4.69, 9.17) is 4.74 Å². The molecule has 2 N–H and O–H groups in total. The van der Waals surface area contributed by atoms with Gasteiger partial charge in [-0.15, -0.1) is 0 Å². The quantitative estimate of drug-likeness (QED) is 0.840. The number of ether oxygens (including phenoxy) is 1. The van der Waals surface area contributed by atoms with Crippen LogP contribution in [0, 0.1) is 0 Å². The van der Waals surface area contributed by atoms with E-state index in [1.54, 1.807) is 7.11 Å². The summed E-state index contributed by atoms with van der Waals surface area (Å²) >= 11 is 0. The van der Waals surface area contributed by atoms with Crippen LogP contribution in [0.15, 0.2) is 24.3 Å². The molecule has 3 heteroatoms. The topological polar surface area (TPSA) is 33.3 Å². The molecule has 1 aromatic rings. The lowest BCUT2D eigenvalue weighted by molar-refractivity contribution is 0.348. The second kappa shape index (κ2) is 6.76. The van der Waals surface area contributed by atoms with E-state index in [2.05, 4.69) is 29.7 Å². The van der Waals surface area contributed by atoms with Crippen LogP contribution in [0.3, 0.4) is 0 Å². The van der Waals surface area contributed by atoms with Crippen molar-refractivity contribution < 1.29 is 4.74 Å². The average Bonchev–Trinajstić information content (AvgIpc) is 2.46. The van der Waals surface area contributed by atoms with Crippen molar-refractivity contribution in [2.24, 2.45) is 0 Å². The summed E-state index contributed by atoms with van der Waals surface area (Å²) in [4.78, 5) is 0. The maximum atomic E-state index is 5.20. The largest absolute Gasteiger partial charge is 0.497 e. The Morgan fingerprint density at radius 1 is 1.39 bits per heavy atom. The van der Waals surface area contributed by atoms with Crippen molar-refractivity contribution in [1.29, 1.82) is 0 Å². The maximum Gasteiger partial charge on any atom is 0.118 e. The van der Waals surface area contributed by atoms with Crippen molar-refractivity contribution in [1.82, 2.24) is 10.6 Å². The van der Waals surface area contributed by atoms with E-state index in [0.29, 0.717) is 12.1 Å². The van der Waals surface area contributed by atoms with Gasteiger partial charge in [-0.3, -0.25) is 0 Å². The monoisotopic (exact) mass is 248 g/mol. The molecule has 2 rings (SSSR count). The molecule has 2 unspecified atom stereocenters. The molecule has 100 valence electrons. The van der Waals surface area contributed by atoms with Gasteiger partial charge in [0.15, 0.2) is 0 Å². The van der Waals surface area contributed by atoms with Crippen LogP contribution in [0.4, 0.5) is 0 Å². The molecule has 1 aliphatic rings. The number of nitrogens with one attached hydrogen (secondary N) is 2. The SMILES string of the molecule is CCC(NC1CCCNC1)c1ccc(OC)cc1. The van der Waals surface area contributed by atoms with Crippen LogP contribution >= 0.6 is 0 Å². The van der Waals surface area contributed by atoms with Gasteiger partial charge in [-0.1, -0.05) is 19.1 Å². The molecule has 0 aliphatic carbocycles. The summed E-state index contributed by atoms with van der Waals surface area (Å²) in [6.07, 6.45) is 3.67. The van der Waals surface area contributed by atoms with Crippen LogP contribution in [0.1, 0.15) is 37.8 Å². The Balaban J connectivity index is 1.97. The number of methoxy groups -OCH3 is 1. The predicted molar refractivity (Wildman–Crippen MR) is 75.1 cm³/mol. The smallest absolute Gasteiger partial charge is 0.118 e. The lowest BCUT2D eigenvalue weighted by atomic mass is 10.0. The highest BCUT2D eigenvalue weighted by Crippen LogP contribution is 2.21. The first kappa shape index (κ1) is 13.4. The lowest BCUT2D eigenvalue weighted by Gasteiger charge is -2.29. The second-order valence-electron chi connectivity index (χ2n) is 4.94. The number of piperidine rings is 1. The van der Waals surface area contributed by atoms with Crippen LogP contribution < -0.4 is 15.4 Å². The first-order valence-corrected chi connectivity index (χ1v) is 6.94. The van der Waals surface area contributed by atoms with Crippen molar-refractivity contribution in [3.05, 3.63) is 29.8 Å². The Labute approximate surface area is 110 Å². The zero-order chi connectivity index (χ0) is 12.8. The Morgan fingerprint density at radius 3 is 2.72 bits per heavy atom. The third-order valence-electron chi connectivity index (χ3n) is 3.66. The highest BCUT2D eigenvalue weighted by molar-refractivity contribution is 5.29. The zero-order valence-corrected chi connectivity index (χ0v) is 11.4. The summed E-state index contributed by atoms with van der Waals surface area (Å²) in [6, 6.07) is 9.45. The van der Waals surface area contributed by atoms with Crippen molar-refractivity contribution in [2.45, 2.75) is 38.3 Å². The molecule has 3 nitrogen and oxygen atoms in total. The third kappa shape index (κ3) is 3.47. The summed E-state index contributed by atoms with van der Waals surface area (Å²) < 4.78 is 5.20. The molecular formula is C15H24N2O. The van der Waals surface area contributed by atoms with Crippen LogP contribution in [0.5, 0.6) is 5.75 Å². The molecule has 0 bridgehead atoms. The molecule has 0 radical (unpaired) electrons. The van der Waals surface area contributed by atoms with Gasteiger partial charge in [0.25, 0.3) is 0 Å². The van der Waals surface area contributed by atoms with Crippen molar-refractivity contribution >= 4 is 0 Å². The third-order valence-corrected chi connectivity index (χ3v) is 3.66. The van der Waals surface area contributed by atoms with Gasteiger partial charge in [0.05, 0.1) is 7.11 Å². The molecule has 18 heavy (non-hydrogen) atoms. The standard InChI is InChI=1S/C15H24N2O/c1-3-15(17-13-5-4-10-16-11-13)12-6-8-14(18-2)9-7-12/h6-9,13,15-17H,3-5,10-11H2,1-2H3. The normalized spacial score (nSPS) is 21.6. The van der Waals surface area contributed by atoms with Gasteiger partial charge in [-0.25, -0.2) is 0 Å². The summed E-state index contributed by atoms with van der Waals surface area (Å²) in [5.41, 5.74) is 1.35. The number of benzene rings is 1. The second-order valence-corrected chi connectivity index (χ2v) is 4.94. The highest BCUT2D eigenvalue weighted by atomic mass is 16.5. The van der Waals surface area contributed by atoms with Crippen molar-refractivity contribution in [3.8, 4) is 5.75 Å². The number of hydrogen-bond donors (Lipinski definition) is 2. The maximum absolute atomic E-state index is 5.20. The van der Waals surface area contributed by atoms with Crippen LogP contribution in [0.25, 0.3) is 0 Å². The zero-order valence-electron chi connectivity index (χ0n) is 11.4. The highest BCUT2D eigenvalue weighted by Gasteiger charge is 2.17. The molecule has 1 aliphatic heterocycles. The summed E-state index contributed by atoms with van der Waals surface area (Å²) in [7, 11) is 1.71. The van der Waals surface area contributed by atoms with Gasteiger partial charge in [-0.2, -0.15) is 0 Å². The summed E-state index contributed by atoms with van der Waals surface area (Å²) in [5, 5.41) is 7.21. The van der Waals surface area contributed by atoms with E-state index in [0.717, 1.165) is 25.3 Å². The Hall–Kier alpha value is -1.06. The Morgan fingerprint density at radius 2 is 2.17 bits per heavy atom. The number of hydrogen-bond acceptors (Lipinski definition) is 3. The van der Waals surface area contributed by atoms with E-state index in [9.17, 15) is 0 Å². The molecule has 0 aromatic heterocycles. The van der Waals surface area contributed by atoms with Crippen molar-refractivity contribution in [2.75, 3.05) is 20.2 Å². The minimum atomic E-state index is 0.445. The predicted octanol–water partition coefficient (Wildman–Crippen LogP) is 2.49. The van der Waals surface area contributed by atoms with Gasteiger partial charge in [0, 0.05) is 18.6 Å². The van der Waals surface area contributed by atoms with Gasteiger partial charge in [0.2, 0.25) is 0 Å². The molecule has 1 fully saturated rings. The first-order chi connectivity index (χ1) is 8.83. The van der Waals surface area contributed by atoms with Gasteiger partial charge in [-0.05, 0) is 43.5 Å². The van der Waals surface area contributed by atoms with E-state index >= 15 is 0 Å². The van der Waals surface area contributed by atoms with Gasteiger partial charge in [0.1, 0.15) is 5.75 Å². The fourth-order valence-electron chi connectivity index (χ4n) is 2.56. The van der Waals surface area contributed by atoms with Crippen LogP contribution in [0.2, 0.25) is 0 Å². The molecule has 1 saturated heterocycles. The van der Waals surface area contributed by atoms with E-state index in [1.807, 2.05) is 12.1 Å². The van der Waals surface area contributed by atoms with Crippen molar-refractivity contribution in [3.63, 3.8) is 0 Å². The fraction of sp³-hybridized carbons (Fsp3) is 0.600. The lowest BCUT2D eigenvalue weighted by Crippen LogP contribution is -2.44. The molecule has 0 amide bonds. The number of rotatable bonds is 5. The molecule has 1 heterocycles. The molecular weight excluding hydrogens is 224 g/mol. The first-order valence-electron chi connectivity index (χ1n) is 6.94. The average molecular weight is 248 g/mol.